The summed E-state index contributed by atoms with van der Waals surface area (Å²) in [6.45, 7) is 2.36. The number of urea groups is 1. The first kappa shape index (κ1) is 18.8. The zero-order valence-corrected chi connectivity index (χ0v) is 17.9. The second-order valence-corrected chi connectivity index (χ2v) is 7.04. The lowest BCUT2D eigenvalue weighted by Gasteiger charge is -2.18. The van der Waals surface area contributed by atoms with E-state index in [0.717, 1.165) is 47.7 Å². The summed E-state index contributed by atoms with van der Waals surface area (Å²) in [5.74, 6) is 0.893. The number of aliphatic imine (C=N–C) groups is 1. The Morgan fingerprint density at radius 3 is 2.93 bits per heavy atom. The number of amidine groups is 1. The Morgan fingerprint density at radius 2 is 2.11 bits per heavy atom. The molecule has 0 saturated heterocycles. The molecule has 2 aromatic carbocycles. The molecule has 2 aliphatic heterocycles. The summed E-state index contributed by atoms with van der Waals surface area (Å²) < 4.78 is 2.11. The monoisotopic (exact) mass is 487 g/mol. The average Bonchev–Trinajstić information content (AvgIpc) is 3.41. The van der Waals surface area contributed by atoms with Crippen LogP contribution < -0.4 is 15.5 Å². The van der Waals surface area contributed by atoms with E-state index in [1.807, 2.05) is 36.2 Å². The molecule has 3 aromatic rings. The first-order chi connectivity index (χ1) is 13.2. The van der Waals surface area contributed by atoms with Crippen LogP contribution in [0.5, 0.6) is 0 Å². The van der Waals surface area contributed by atoms with Crippen LogP contribution in [0.3, 0.4) is 0 Å². The molecule has 0 saturated carbocycles. The van der Waals surface area contributed by atoms with Crippen LogP contribution in [0.15, 0.2) is 53.7 Å². The number of hydrogen-bond donors (Lipinski definition) is 2. The number of carbonyl (C=O) groups is 1. The minimum atomic E-state index is -0.0949. The Morgan fingerprint density at radius 1 is 1.21 bits per heavy atom. The van der Waals surface area contributed by atoms with Crippen LogP contribution in [0.1, 0.15) is 11.1 Å². The van der Waals surface area contributed by atoms with Crippen LogP contribution in [0, 0.1) is 0 Å². The van der Waals surface area contributed by atoms with Gasteiger partial charge in [0.15, 0.2) is 0 Å². The van der Waals surface area contributed by atoms with Gasteiger partial charge in [-0.2, -0.15) is 0 Å². The Labute approximate surface area is 180 Å². The molecule has 2 amide bonds. The third-order valence-corrected chi connectivity index (χ3v) is 5.29. The number of aromatic nitrogens is 1. The van der Waals surface area contributed by atoms with E-state index in [2.05, 4.69) is 44.6 Å². The fourth-order valence-corrected chi connectivity index (χ4v) is 3.89. The first-order valence-corrected chi connectivity index (χ1v) is 9.24. The van der Waals surface area contributed by atoms with Gasteiger partial charge in [0.05, 0.1) is 6.54 Å². The van der Waals surface area contributed by atoms with Crippen LogP contribution in [0.25, 0.3) is 10.9 Å². The molecular formula is C21H22IN5O. The highest BCUT2D eigenvalue weighted by Gasteiger charge is 2.25. The Kier molecular flexibility index (Phi) is 5.01. The van der Waals surface area contributed by atoms with Gasteiger partial charge < -0.3 is 15.2 Å². The summed E-state index contributed by atoms with van der Waals surface area (Å²) in [4.78, 5) is 19.2. The van der Waals surface area contributed by atoms with Crippen LogP contribution in [0.4, 0.5) is 16.2 Å². The second-order valence-electron chi connectivity index (χ2n) is 7.04. The minimum Gasteiger partial charge on any atom is -0.368 e. The van der Waals surface area contributed by atoms with Crippen molar-refractivity contribution in [3.8, 4) is 0 Å². The molecule has 0 atom stereocenters. The van der Waals surface area contributed by atoms with Crippen LogP contribution in [-0.4, -0.2) is 36.1 Å². The number of carbonyl (C=O) groups excluding carboxylic acids is 1. The molecule has 5 rings (SSSR count). The normalized spacial score (nSPS) is 15.0. The number of rotatable bonds is 2. The lowest BCUT2D eigenvalue weighted by molar-refractivity contribution is 0.257. The van der Waals surface area contributed by atoms with Gasteiger partial charge in [0, 0.05) is 54.2 Å². The van der Waals surface area contributed by atoms with Gasteiger partial charge in [-0.1, -0.05) is 12.1 Å². The second kappa shape index (κ2) is 7.46. The summed E-state index contributed by atoms with van der Waals surface area (Å²) in [6.07, 6.45) is 2.93. The van der Waals surface area contributed by atoms with Crippen molar-refractivity contribution in [3.05, 3.63) is 59.8 Å². The maximum atomic E-state index is 12.9. The lowest BCUT2D eigenvalue weighted by Crippen LogP contribution is -2.33. The van der Waals surface area contributed by atoms with E-state index in [1.54, 1.807) is 0 Å². The molecule has 0 aliphatic carbocycles. The van der Waals surface area contributed by atoms with E-state index in [0.29, 0.717) is 6.54 Å². The van der Waals surface area contributed by atoms with Gasteiger partial charge in [0.2, 0.25) is 0 Å². The number of fused-ring (bicyclic) bond motifs is 2. The molecule has 0 radical (unpaired) electrons. The van der Waals surface area contributed by atoms with Gasteiger partial charge in [-0.25, -0.2) is 4.79 Å². The van der Waals surface area contributed by atoms with E-state index in [1.165, 1.54) is 11.1 Å². The molecule has 6 nitrogen and oxygen atoms in total. The van der Waals surface area contributed by atoms with Crippen molar-refractivity contribution in [3.63, 3.8) is 0 Å². The van der Waals surface area contributed by atoms with Crippen molar-refractivity contribution in [2.45, 2.75) is 6.42 Å². The van der Waals surface area contributed by atoms with Crippen molar-refractivity contribution >= 4 is 58.1 Å². The topological polar surface area (TPSA) is 61.7 Å². The van der Waals surface area contributed by atoms with Gasteiger partial charge in [-0.05, 0) is 42.3 Å². The number of aryl methyl sites for hydroxylation is 1. The molecule has 7 heteroatoms. The fraction of sp³-hybridized carbons (Fsp3) is 0.238. The molecule has 0 bridgehead atoms. The predicted molar refractivity (Wildman–Crippen MR) is 124 cm³/mol. The predicted octanol–water partition coefficient (Wildman–Crippen LogP) is 3.74. The number of nitrogens with zero attached hydrogens (tertiary/aromatic N) is 3. The molecule has 1 aromatic heterocycles. The van der Waals surface area contributed by atoms with E-state index in [-0.39, 0.29) is 30.0 Å². The molecule has 0 spiro atoms. The SMILES string of the molecule is Cn1ccc2cc3c(cc21)CCN3C(=O)Nc1cccc(C2=NCCN2)c1.I. The standard InChI is InChI=1S/C21H21N5O.HI/c1-25-9-5-14-13-19-15(12-18(14)25)6-10-26(19)21(27)24-17-4-2-3-16(11-17)20-22-7-8-23-20;/h2-5,9,11-13H,6-8,10H2,1H3,(H,22,23)(H,24,27);1H. The number of hydrogen-bond acceptors (Lipinski definition) is 3. The zero-order valence-electron chi connectivity index (χ0n) is 15.6. The van der Waals surface area contributed by atoms with Crippen LogP contribution in [0.2, 0.25) is 0 Å². The summed E-state index contributed by atoms with van der Waals surface area (Å²) in [6, 6.07) is 14.1. The van der Waals surface area contributed by atoms with Crippen molar-refractivity contribution in [2.24, 2.45) is 12.0 Å². The molecule has 2 N–H and O–H groups in total. The average molecular weight is 487 g/mol. The smallest absolute Gasteiger partial charge is 0.326 e. The van der Waals surface area contributed by atoms with Gasteiger partial charge in [-0.3, -0.25) is 9.89 Å². The number of nitrogens with one attached hydrogen (secondary N) is 2. The summed E-state index contributed by atoms with van der Waals surface area (Å²) in [5.41, 5.74) is 5.21. The molecular weight excluding hydrogens is 465 g/mol. The van der Waals surface area contributed by atoms with E-state index in [4.69, 9.17) is 0 Å². The third-order valence-electron chi connectivity index (χ3n) is 5.29. The first-order valence-electron chi connectivity index (χ1n) is 9.24. The largest absolute Gasteiger partial charge is 0.368 e. The summed E-state index contributed by atoms with van der Waals surface area (Å²) in [7, 11) is 2.05. The maximum Gasteiger partial charge on any atom is 0.326 e. The highest BCUT2D eigenvalue weighted by atomic mass is 127. The van der Waals surface area contributed by atoms with Crippen LogP contribution >= 0.6 is 24.0 Å². The van der Waals surface area contributed by atoms with Crippen molar-refractivity contribution in [2.75, 3.05) is 29.9 Å². The highest BCUT2D eigenvalue weighted by molar-refractivity contribution is 14.0. The number of benzene rings is 2. The van der Waals surface area contributed by atoms with Gasteiger partial charge in [-0.15, -0.1) is 24.0 Å². The Bertz CT molecular complexity index is 1090. The minimum absolute atomic E-state index is 0. The van der Waals surface area contributed by atoms with Crippen molar-refractivity contribution in [1.82, 2.24) is 9.88 Å². The van der Waals surface area contributed by atoms with Gasteiger partial charge >= 0.3 is 6.03 Å². The molecule has 144 valence electrons. The van der Waals surface area contributed by atoms with Crippen LogP contribution in [-0.2, 0) is 13.5 Å². The third kappa shape index (κ3) is 3.23. The summed E-state index contributed by atoms with van der Waals surface area (Å²) in [5, 5.41) is 7.46. The van der Waals surface area contributed by atoms with E-state index in [9.17, 15) is 4.79 Å². The number of amides is 2. The van der Waals surface area contributed by atoms with E-state index < -0.39 is 0 Å². The van der Waals surface area contributed by atoms with Crippen molar-refractivity contribution < 1.29 is 4.79 Å². The Balaban J connectivity index is 0.00000192. The van der Waals surface area contributed by atoms with Crippen molar-refractivity contribution in [1.29, 1.82) is 0 Å². The molecule has 2 aliphatic rings. The summed E-state index contributed by atoms with van der Waals surface area (Å²) >= 11 is 0. The van der Waals surface area contributed by atoms with Gasteiger partial charge in [0.25, 0.3) is 0 Å². The Hall–Kier alpha value is -2.55. The highest BCUT2D eigenvalue weighted by Crippen LogP contribution is 2.33. The maximum absolute atomic E-state index is 12.9. The molecule has 3 heterocycles. The van der Waals surface area contributed by atoms with E-state index >= 15 is 0 Å². The molecule has 0 unspecified atom stereocenters. The van der Waals surface area contributed by atoms with Gasteiger partial charge in [0.1, 0.15) is 5.84 Å². The number of anilines is 2. The lowest BCUT2D eigenvalue weighted by atomic mass is 10.1. The molecule has 0 fully saturated rings. The fourth-order valence-electron chi connectivity index (χ4n) is 3.89. The number of halogens is 1. The molecule has 28 heavy (non-hydrogen) atoms. The quantitative estimate of drug-likeness (QED) is 0.542. The zero-order chi connectivity index (χ0) is 18.4.